The maximum Gasteiger partial charge on any atom is 0.234 e. The van der Waals surface area contributed by atoms with Crippen LogP contribution in [0.4, 0.5) is 5.69 Å². The number of allylic oxidation sites excluding steroid dienone is 1. The maximum atomic E-state index is 12.4. The molecule has 2 aromatic heterocycles. The molecule has 0 aliphatic rings. The van der Waals surface area contributed by atoms with E-state index in [9.17, 15) is 4.79 Å². The molecule has 1 amide bonds. The topological polar surface area (TPSA) is 72.7 Å². The molecule has 138 valence electrons. The zero-order chi connectivity index (χ0) is 19.2. The molecule has 1 N–H and O–H groups in total. The first kappa shape index (κ1) is 18.8. The van der Waals surface area contributed by atoms with Crippen molar-refractivity contribution < 1.29 is 4.79 Å². The molecular formula is C20H21N5OS. The predicted octanol–water partition coefficient (Wildman–Crippen LogP) is 3.87. The van der Waals surface area contributed by atoms with Gasteiger partial charge < -0.3 is 5.32 Å². The van der Waals surface area contributed by atoms with Gasteiger partial charge in [0, 0.05) is 30.2 Å². The first-order chi connectivity index (χ1) is 13.1. The summed E-state index contributed by atoms with van der Waals surface area (Å²) in [6, 6.07) is 9.65. The number of hydrogen-bond donors (Lipinski definition) is 1. The van der Waals surface area contributed by atoms with Crippen molar-refractivity contribution in [1.82, 2.24) is 19.7 Å². The van der Waals surface area contributed by atoms with Gasteiger partial charge >= 0.3 is 0 Å². The number of aromatic nitrogens is 4. The van der Waals surface area contributed by atoms with Gasteiger partial charge in [-0.05, 0) is 43.2 Å². The van der Waals surface area contributed by atoms with Gasteiger partial charge in [-0.3, -0.25) is 14.3 Å². The summed E-state index contributed by atoms with van der Waals surface area (Å²) in [5.41, 5.74) is 3.93. The minimum atomic E-state index is -0.0789. The number of amides is 1. The number of nitrogens with one attached hydrogen (secondary N) is 1. The molecule has 6 nitrogen and oxygen atoms in total. The number of thioether (sulfide) groups is 1. The predicted molar refractivity (Wildman–Crippen MR) is 109 cm³/mol. The number of benzene rings is 1. The number of hydrogen-bond acceptors (Lipinski definition) is 5. The summed E-state index contributed by atoms with van der Waals surface area (Å²) in [5, 5.41) is 12.1. The zero-order valence-electron chi connectivity index (χ0n) is 15.3. The lowest BCUT2D eigenvalue weighted by atomic mass is 10.1. The first-order valence-electron chi connectivity index (χ1n) is 8.53. The van der Waals surface area contributed by atoms with Gasteiger partial charge in [-0.25, -0.2) is 0 Å². The van der Waals surface area contributed by atoms with E-state index in [0.717, 1.165) is 22.4 Å². The molecule has 0 radical (unpaired) electrons. The Morgan fingerprint density at radius 1 is 1.26 bits per heavy atom. The van der Waals surface area contributed by atoms with E-state index in [1.165, 1.54) is 11.8 Å². The Morgan fingerprint density at radius 2 is 2.11 bits per heavy atom. The van der Waals surface area contributed by atoms with Crippen LogP contribution in [-0.2, 0) is 11.3 Å². The standard InChI is InChI=1S/C20H21N5OS/c1-4-11-25-19(16-8-6-10-21-12-16)23-24-20(25)27-13-18(26)22-17-9-5-7-14(2)15(17)3/h4-10,12H,1,11,13H2,2-3H3,(H,22,26). The zero-order valence-corrected chi connectivity index (χ0v) is 16.2. The molecule has 0 unspecified atom stereocenters. The van der Waals surface area contributed by atoms with Crippen molar-refractivity contribution >= 4 is 23.4 Å². The largest absolute Gasteiger partial charge is 0.325 e. The summed E-state index contributed by atoms with van der Waals surface area (Å²) in [6.45, 7) is 8.38. The highest BCUT2D eigenvalue weighted by atomic mass is 32.2. The van der Waals surface area contributed by atoms with Gasteiger partial charge in [0.15, 0.2) is 11.0 Å². The Hall–Kier alpha value is -2.93. The fourth-order valence-corrected chi connectivity index (χ4v) is 3.35. The van der Waals surface area contributed by atoms with Gasteiger partial charge in [0.1, 0.15) is 0 Å². The maximum absolute atomic E-state index is 12.4. The number of aryl methyl sites for hydroxylation is 1. The second-order valence-electron chi connectivity index (χ2n) is 6.03. The van der Waals surface area contributed by atoms with Crippen LogP contribution in [0.1, 0.15) is 11.1 Å². The Labute approximate surface area is 162 Å². The molecule has 3 rings (SSSR count). The minimum Gasteiger partial charge on any atom is -0.325 e. The van der Waals surface area contributed by atoms with E-state index in [0.29, 0.717) is 17.5 Å². The van der Waals surface area contributed by atoms with E-state index >= 15 is 0 Å². The molecule has 0 saturated carbocycles. The number of pyridine rings is 1. The molecule has 0 fully saturated rings. The van der Waals surface area contributed by atoms with Gasteiger partial charge in [-0.1, -0.05) is 30.0 Å². The first-order valence-corrected chi connectivity index (χ1v) is 9.52. The summed E-state index contributed by atoms with van der Waals surface area (Å²) < 4.78 is 1.93. The second kappa shape index (κ2) is 8.64. The quantitative estimate of drug-likeness (QED) is 0.498. The monoisotopic (exact) mass is 379 g/mol. The summed E-state index contributed by atoms with van der Waals surface area (Å²) in [7, 11) is 0. The van der Waals surface area contributed by atoms with E-state index in [1.807, 2.05) is 48.7 Å². The highest BCUT2D eigenvalue weighted by Crippen LogP contribution is 2.24. The van der Waals surface area contributed by atoms with Crippen LogP contribution < -0.4 is 5.32 Å². The molecule has 2 heterocycles. The van der Waals surface area contributed by atoms with Gasteiger partial charge in [-0.15, -0.1) is 16.8 Å². The number of anilines is 1. The third kappa shape index (κ3) is 4.43. The molecule has 7 heteroatoms. The fraction of sp³-hybridized carbons (Fsp3) is 0.200. The van der Waals surface area contributed by atoms with Crippen LogP contribution in [-0.4, -0.2) is 31.4 Å². The number of nitrogens with zero attached hydrogens (tertiary/aromatic N) is 4. The lowest BCUT2D eigenvalue weighted by Crippen LogP contribution is -2.15. The molecule has 0 saturated heterocycles. The molecule has 0 aliphatic heterocycles. The summed E-state index contributed by atoms with van der Waals surface area (Å²) >= 11 is 1.35. The SMILES string of the molecule is C=CCn1c(SCC(=O)Nc2cccc(C)c2C)nnc1-c1cccnc1. The van der Waals surface area contributed by atoms with Gasteiger partial charge in [-0.2, -0.15) is 0 Å². The van der Waals surface area contributed by atoms with Gasteiger partial charge in [0.05, 0.1) is 5.75 Å². The van der Waals surface area contributed by atoms with Crippen LogP contribution in [0.3, 0.4) is 0 Å². The highest BCUT2D eigenvalue weighted by molar-refractivity contribution is 7.99. The Bertz CT molecular complexity index is 952. The average Bonchev–Trinajstić information content (AvgIpc) is 3.07. The minimum absolute atomic E-state index is 0.0789. The van der Waals surface area contributed by atoms with Crippen molar-refractivity contribution in [3.05, 3.63) is 66.5 Å². The van der Waals surface area contributed by atoms with Crippen LogP contribution in [0, 0.1) is 13.8 Å². The number of carbonyl (C=O) groups is 1. The molecule has 1 aromatic carbocycles. The third-order valence-corrected chi connectivity index (χ3v) is 5.13. The summed E-state index contributed by atoms with van der Waals surface area (Å²) in [6.07, 6.45) is 5.24. The summed E-state index contributed by atoms with van der Waals surface area (Å²) in [5.74, 6) is 0.876. The van der Waals surface area contributed by atoms with Crippen molar-refractivity contribution in [1.29, 1.82) is 0 Å². The Balaban J connectivity index is 1.72. The normalized spacial score (nSPS) is 10.6. The smallest absolute Gasteiger partial charge is 0.234 e. The van der Waals surface area contributed by atoms with Crippen molar-refractivity contribution in [2.45, 2.75) is 25.5 Å². The van der Waals surface area contributed by atoms with E-state index in [1.54, 1.807) is 18.5 Å². The van der Waals surface area contributed by atoms with Crippen LogP contribution in [0.15, 0.2) is 60.5 Å². The van der Waals surface area contributed by atoms with E-state index in [2.05, 4.69) is 27.1 Å². The third-order valence-electron chi connectivity index (χ3n) is 4.16. The molecule has 0 spiro atoms. The van der Waals surface area contributed by atoms with E-state index in [4.69, 9.17) is 0 Å². The van der Waals surface area contributed by atoms with Gasteiger partial charge in [0.2, 0.25) is 5.91 Å². The molecule has 3 aromatic rings. The van der Waals surface area contributed by atoms with Crippen LogP contribution in [0.5, 0.6) is 0 Å². The van der Waals surface area contributed by atoms with Crippen molar-refractivity contribution in [2.24, 2.45) is 0 Å². The van der Waals surface area contributed by atoms with Crippen LogP contribution in [0.2, 0.25) is 0 Å². The molecule has 27 heavy (non-hydrogen) atoms. The van der Waals surface area contributed by atoms with E-state index in [-0.39, 0.29) is 11.7 Å². The Kier molecular flexibility index (Phi) is 6.03. The molecule has 0 bridgehead atoms. The van der Waals surface area contributed by atoms with Crippen LogP contribution >= 0.6 is 11.8 Å². The van der Waals surface area contributed by atoms with Crippen LogP contribution in [0.25, 0.3) is 11.4 Å². The van der Waals surface area contributed by atoms with Crippen molar-refractivity contribution in [2.75, 3.05) is 11.1 Å². The van der Waals surface area contributed by atoms with E-state index < -0.39 is 0 Å². The average molecular weight is 379 g/mol. The van der Waals surface area contributed by atoms with Gasteiger partial charge in [0.25, 0.3) is 0 Å². The molecule has 0 aliphatic carbocycles. The second-order valence-corrected chi connectivity index (χ2v) is 6.97. The fourth-order valence-electron chi connectivity index (χ4n) is 2.60. The highest BCUT2D eigenvalue weighted by Gasteiger charge is 2.15. The number of carbonyl (C=O) groups excluding carboxylic acids is 1. The van der Waals surface area contributed by atoms with Crippen molar-refractivity contribution in [3.8, 4) is 11.4 Å². The Morgan fingerprint density at radius 3 is 2.85 bits per heavy atom. The molecular weight excluding hydrogens is 358 g/mol. The number of rotatable bonds is 7. The summed E-state index contributed by atoms with van der Waals surface area (Å²) in [4.78, 5) is 16.5. The van der Waals surface area contributed by atoms with Crippen molar-refractivity contribution in [3.63, 3.8) is 0 Å². The lowest BCUT2D eigenvalue weighted by Gasteiger charge is -2.10. The lowest BCUT2D eigenvalue weighted by molar-refractivity contribution is -0.113. The molecule has 0 atom stereocenters.